The number of halogens is 2. The highest BCUT2D eigenvalue weighted by atomic mass is 35.5. The second-order valence-corrected chi connectivity index (χ2v) is 7.29. The standard InChI is InChI=1S/C23H21FN4.ClH/c24-18-7-5-16(6-8-18)21-15-22(19-3-1-2-4-20(19)27-21)28-13-9-17(10-14-28)23-25-11-12-26-23;/h1-8,11-12,15,17H,9-10,13-14H2,(H,25,26);1H. The number of rotatable bonds is 3. The van der Waals surface area contributed by atoms with Crippen molar-refractivity contribution in [3.8, 4) is 11.3 Å². The molecule has 1 fully saturated rings. The average molecular weight is 409 g/mol. The number of hydrogen-bond acceptors (Lipinski definition) is 3. The highest BCUT2D eigenvalue weighted by Gasteiger charge is 2.24. The number of benzene rings is 2. The number of H-pyrrole nitrogens is 1. The van der Waals surface area contributed by atoms with Gasteiger partial charge in [-0.1, -0.05) is 18.2 Å². The number of fused-ring (bicyclic) bond motifs is 1. The molecule has 3 heterocycles. The minimum atomic E-state index is -0.232. The van der Waals surface area contributed by atoms with Crippen LogP contribution >= 0.6 is 12.4 Å². The van der Waals surface area contributed by atoms with Gasteiger partial charge in [0.15, 0.2) is 0 Å². The second-order valence-electron chi connectivity index (χ2n) is 7.29. The van der Waals surface area contributed by atoms with Gasteiger partial charge in [0, 0.05) is 48.0 Å². The quantitative estimate of drug-likeness (QED) is 0.482. The van der Waals surface area contributed by atoms with Crippen molar-refractivity contribution in [3.63, 3.8) is 0 Å². The zero-order chi connectivity index (χ0) is 18.9. The van der Waals surface area contributed by atoms with Gasteiger partial charge in [-0.2, -0.15) is 0 Å². The van der Waals surface area contributed by atoms with Crippen LogP contribution in [0.3, 0.4) is 0 Å². The predicted octanol–water partition coefficient (Wildman–Crippen LogP) is 5.57. The number of imidazole rings is 1. The number of hydrogen-bond donors (Lipinski definition) is 1. The molecule has 1 aliphatic rings. The summed E-state index contributed by atoms with van der Waals surface area (Å²) in [7, 11) is 0. The van der Waals surface area contributed by atoms with Crippen LogP contribution in [0.4, 0.5) is 10.1 Å². The van der Waals surface area contributed by atoms with Crippen LogP contribution in [-0.4, -0.2) is 28.0 Å². The Kier molecular flexibility index (Phi) is 5.49. The molecule has 0 aliphatic carbocycles. The van der Waals surface area contributed by atoms with Crippen LogP contribution in [0, 0.1) is 5.82 Å². The normalized spacial score (nSPS) is 14.7. The highest BCUT2D eigenvalue weighted by molar-refractivity contribution is 5.94. The third kappa shape index (κ3) is 3.83. The SMILES string of the molecule is Cl.Fc1ccc(-c2cc(N3CCC(c4ncc[nH]4)CC3)c3ccccc3n2)cc1. The first-order valence-electron chi connectivity index (χ1n) is 9.68. The van der Waals surface area contributed by atoms with Crippen LogP contribution in [-0.2, 0) is 0 Å². The van der Waals surface area contributed by atoms with Gasteiger partial charge in [0.1, 0.15) is 11.6 Å². The molecule has 1 saturated heterocycles. The van der Waals surface area contributed by atoms with E-state index in [-0.39, 0.29) is 18.2 Å². The van der Waals surface area contributed by atoms with Crippen LogP contribution < -0.4 is 4.90 Å². The molecule has 29 heavy (non-hydrogen) atoms. The Morgan fingerprint density at radius 1 is 1.00 bits per heavy atom. The molecule has 0 atom stereocenters. The van der Waals surface area contributed by atoms with E-state index in [1.165, 1.54) is 17.8 Å². The van der Waals surface area contributed by atoms with Crippen LogP contribution in [0.1, 0.15) is 24.6 Å². The number of piperidine rings is 1. The van der Waals surface area contributed by atoms with Crippen molar-refractivity contribution in [2.24, 2.45) is 0 Å². The minimum absolute atomic E-state index is 0. The molecule has 0 bridgehead atoms. The number of pyridine rings is 1. The molecular weight excluding hydrogens is 387 g/mol. The molecule has 0 unspecified atom stereocenters. The lowest BCUT2D eigenvalue weighted by Crippen LogP contribution is -2.33. The van der Waals surface area contributed by atoms with Crippen molar-refractivity contribution in [1.29, 1.82) is 0 Å². The van der Waals surface area contributed by atoms with E-state index in [1.54, 1.807) is 12.1 Å². The Morgan fingerprint density at radius 3 is 2.48 bits per heavy atom. The Bertz CT molecular complexity index is 1090. The number of anilines is 1. The van der Waals surface area contributed by atoms with E-state index >= 15 is 0 Å². The summed E-state index contributed by atoms with van der Waals surface area (Å²) in [5.41, 5.74) is 3.97. The fourth-order valence-electron chi connectivity index (χ4n) is 4.08. The molecule has 1 aliphatic heterocycles. The number of para-hydroxylation sites is 1. The van der Waals surface area contributed by atoms with E-state index in [2.05, 4.69) is 33.1 Å². The average Bonchev–Trinajstić information content (AvgIpc) is 3.29. The summed E-state index contributed by atoms with van der Waals surface area (Å²) in [6.45, 7) is 1.95. The number of nitrogens with one attached hydrogen (secondary N) is 1. The second kappa shape index (κ2) is 8.21. The van der Waals surface area contributed by atoms with E-state index in [9.17, 15) is 4.39 Å². The lowest BCUT2D eigenvalue weighted by molar-refractivity contribution is 0.489. The fourth-order valence-corrected chi connectivity index (χ4v) is 4.08. The van der Waals surface area contributed by atoms with Gasteiger partial charge in [0.25, 0.3) is 0 Å². The lowest BCUT2D eigenvalue weighted by Gasteiger charge is -2.33. The smallest absolute Gasteiger partial charge is 0.123 e. The molecule has 2 aromatic heterocycles. The maximum absolute atomic E-state index is 13.3. The molecule has 5 rings (SSSR count). The fraction of sp³-hybridized carbons (Fsp3) is 0.217. The van der Waals surface area contributed by atoms with Crippen LogP contribution in [0.15, 0.2) is 67.0 Å². The van der Waals surface area contributed by atoms with Crippen LogP contribution in [0.25, 0.3) is 22.2 Å². The number of nitrogens with zero attached hydrogens (tertiary/aromatic N) is 3. The van der Waals surface area contributed by atoms with Crippen molar-refractivity contribution >= 4 is 29.0 Å². The van der Waals surface area contributed by atoms with Gasteiger partial charge in [-0.05, 0) is 49.2 Å². The van der Waals surface area contributed by atoms with Crippen LogP contribution in [0.5, 0.6) is 0 Å². The summed E-state index contributed by atoms with van der Waals surface area (Å²) in [6, 6.07) is 16.9. The molecule has 0 radical (unpaired) electrons. The number of aromatic nitrogens is 3. The van der Waals surface area contributed by atoms with Gasteiger partial charge in [-0.15, -0.1) is 12.4 Å². The lowest BCUT2D eigenvalue weighted by atomic mass is 9.95. The zero-order valence-corrected chi connectivity index (χ0v) is 16.7. The van der Waals surface area contributed by atoms with Gasteiger partial charge in [0.2, 0.25) is 0 Å². The molecule has 148 valence electrons. The molecule has 4 nitrogen and oxygen atoms in total. The van der Waals surface area contributed by atoms with Gasteiger partial charge < -0.3 is 9.88 Å². The largest absolute Gasteiger partial charge is 0.371 e. The summed E-state index contributed by atoms with van der Waals surface area (Å²) < 4.78 is 13.3. The van der Waals surface area contributed by atoms with Crippen LogP contribution in [0.2, 0.25) is 0 Å². The van der Waals surface area contributed by atoms with Gasteiger partial charge in [-0.25, -0.2) is 14.4 Å². The first-order valence-corrected chi connectivity index (χ1v) is 9.68. The highest BCUT2D eigenvalue weighted by Crippen LogP contribution is 2.35. The monoisotopic (exact) mass is 408 g/mol. The van der Waals surface area contributed by atoms with Gasteiger partial charge >= 0.3 is 0 Å². The van der Waals surface area contributed by atoms with Crippen molar-refractivity contribution in [3.05, 3.63) is 78.6 Å². The Hall–Kier alpha value is -2.92. The summed E-state index contributed by atoms with van der Waals surface area (Å²) in [5.74, 6) is 1.34. The van der Waals surface area contributed by atoms with E-state index in [4.69, 9.17) is 4.98 Å². The first-order chi connectivity index (χ1) is 13.8. The van der Waals surface area contributed by atoms with Crippen molar-refractivity contribution in [2.75, 3.05) is 18.0 Å². The van der Waals surface area contributed by atoms with E-state index in [1.807, 2.05) is 24.5 Å². The third-order valence-corrected chi connectivity index (χ3v) is 5.58. The topological polar surface area (TPSA) is 44.8 Å². The molecule has 2 aromatic carbocycles. The van der Waals surface area contributed by atoms with Gasteiger partial charge in [-0.3, -0.25) is 0 Å². The third-order valence-electron chi connectivity index (χ3n) is 5.58. The van der Waals surface area contributed by atoms with E-state index in [0.717, 1.165) is 53.9 Å². The van der Waals surface area contributed by atoms with Crippen molar-refractivity contribution < 1.29 is 4.39 Å². The maximum atomic E-state index is 13.3. The predicted molar refractivity (Wildman–Crippen MR) is 117 cm³/mol. The molecule has 0 saturated carbocycles. The summed E-state index contributed by atoms with van der Waals surface area (Å²) >= 11 is 0. The molecule has 6 heteroatoms. The Labute approximate surface area is 175 Å². The maximum Gasteiger partial charge on any atom is 0.123 e. The van der Waals surface area contributed by atoms with Crippen molar-refractivity contribution in [1.82, 2.24) is 15.0 Å². The Balaban J connectivity index is 0.00000205. The molecule has 1 N–H and O–H groups in total. The summed E-state index contributed by atoms with van der Waals surface area (Å²) in [4.78, 5) is 15.0. The summed E-state index contributed by atoms with van der Waals surface area (Å²) in [6.07, 6.45) is 5.85. The zero-order valence-electron chi connectivity index (χ0n) is 15.9. The van der Waals surface area contributed by atoms with Crippen molar-refractivity contribution in [2.45, 2.75) is 18.8 Å². The Morgan fingerprint density at radius 2 is 1.76 bits per heavy atom. The van der Waals surface area contributed by atoms with Gasteiger partial charge in [0.05, 0.1) is 11.2 Å². The number of aromatic amines is 1. The summed E-state index contributed by atoms with van der Waals surface area (Å²) in [5, 5.41) is 1.16. The minimum Gasteiger partial charge on any atom is -0.371 e. The molecule has 0 amide bonds. The van der Waals surface area contributed by atoms with E-state index < -0.39 is 0 Å². The van der Waals surface area contributed by atoms with E-state index in [0.29, 0.717) is 5.92 Å². The first kappa shape index (κ1) is 19.4. The molecule has 0 spiro atoms. The molecular formula is C23H22ClFN4. The molecule has 4 aromatic rings.